The van der Waals surface area contributed by atoms with Crippen molar-refractivity contribution < 1.29 is 19.1 Å². The Balaban J connectivity index is 0.000000230. The average Bonchev–Trinajstić information content (AvgIpc) is 2.95. The van der Waals surface area contributed by atoms with E-state index in [0.29, 0.717) is 5.92 Å². The SMILES string of the molecule is COC(=O)C1CC(C[Si](C)(C)C)=CC(c2ccccc2)C1.COC(=O)C1CCC(C[Si](C)(C)C)=CC1c1ccccc1. The maximum absolute atomic E-state index is 12.1. The van der Waals surface area contributed by atoms with Gasteiger partial charge >= 0.3 is 11.9 Å². The molecule has 4 nitrogen and oxygen atoms in total. The zero-order valence-electron chi connectivity index (χ0n) is 27.1. The van der Waals surface area contributed by atoms with Gasteiger partial charge in [0.1, 0.15) is 0 Å². The summed E-state index contributed by atoms with van der Waals surface area (Å²) in [5.41, 5.74) is 5.51. The van der Waals surface area contributed by atoms with Crippen LogP contribution in [0.3, 0.4) is 0 Å². The lowest BCUT2D eigenvalue weighted by Crippen LogP contribution is -2.28. The van der Waals surface area contributed by atoms with Crippen molar-refractivity contribution in [3.05, 3.63) is 95.1 Å². The first kappa shape index (κ1) is 33.8. The number of rotatable bonds is 8. The predicted octanol–water partition coefficient (Wildman–Crippen LogP) is 9.24. The van der Waals surface area contributed by atoms with Gasteiger partial charge < -0.3 is 9.47 Å². The first-order valence-corrected chi connectivity index (χ1v) is 22.9. The van der Waals surface area contributed by atoms with Crippen molar-refractivity contribution in [1.29, 1.82) is 0 Å². The van der Waals surface area contributed by atoms with Crippen LogP contribution in [0.5, 0.6) is 0 Å². The molecule has 0 radical (unpaired) electrons. The van der Waals surface area contributed by atoms with Crippen LogP contribution in [0.15, 0.2) is 84.0 Å². The summed E-state index contributed by atoms with van der Waals surface area (Å²) in [6.45, 7) is 14.3. The molecule has 0 amide bonds. The Kier molecular flexibility index (Phi) is 12.2. The average molecular weight is 605 g/mol. The number of esters is 2. The summed E-state index contributed by atoms with van der Waals surface area (Å²) in [7, 11) is 0.701. The molecule has 2 aliphatic rings. The third-order valence-electron chi connectivity index (χ3n) is 8.07. The summed E-state index contributed by atoms with van der Waals surface area (Å²) in [6.07, 6.45) is 8.44. The van der Waals surface area contributed by atoms with E-state index in [1.54, 1.807) is 0 Å². The molecule has 4 atom stereocenters. The molecule has 0 spiro atoms. The second-order valence-electron chi connectivity index (χ2n) is 14.4. The molecule has 2 aromatic carbocycles. The van der Waals surface area contributed by atoms with Crippen LogP contribution in [0.25, 0.3) is 0 Å². The Morgan fingerprint density at radius 1 is 0.714 bits per heavy atom. The number of hydrogen-bond donors (Lipinski definition) is 0. The van der Waals surface area contributed by atoms with Gasteiger partial charge in [-0.1, -0.05) is 123 Å². The lowest BCUT2D eigenvalue weighted by molar-refractivity contribution is -0.147. The number of ether oxygens (including phenoxy) is 2. The van der Waals surface area contributed by atoms with Crippen molar-refractivity contribution >= 4 is 28.1 Å². The number of methoxy groups -OCH3 is 2. The largest absolute Gasteiger partial charge is 0.469 e. The number of hydrogen-bond acceptors (Lipinski definition) is 4. The van der Waals surface area contributed by atoms with Crippen molar-refractivity contribution in [3.8, 4) is 0 Å². The Labute approximate surface area is 256 Å². The van der Waals surface area contributed by atoms with Crippen LogP contribution in [0, 0.1) is 11.8 Å². The van der Waals surface area contributed by atoms with Gasteiger partial charge in [0.25, 0.3) is 0 Å². The molecule has 0 aromatic heterocycles. The Bertz CT molecular complexity index is 1220. The topological polar surface area (TPSA) is 52.6 Å². The number of carbonyl (C=O) groups excluding carboxylic acids is 2. The molecule has 0 saturated heterocycles. The smallest absolute Gasteiger partial charge is 0.309 e. The fourth-order valence-electron chi connectivity index (χ4n) is 6.44. The van der Waals surface area contributed by atoms with Crippen LogP contribution in [-0.2, 0) is 19.1 Å². The highest BCUT2D eigenvalue weighted by Crippen LogP contribution is 2.40. The maximum Gasteiger partial charge on any atom is 0.309 e. The normalized spacial score (nSPS) is 22.6. The predicted molar refractivity (Wildman–Crippen MR) is 180 cm³/mol. The van der Waals surface area contributed by atoms with Gasteiger partial charge in [-0.05, 0) is 48.9 Å². The summed E-state index contributed by atoms with van der Waals surface area (Å²) >= 11 is 0. The number of allylic oxidation sites excluding steroid dienone is 4. The van der Waals surface area contributed by atoms with Crippen LogP contribution in [0.2, 0.25) is 51.4 Å². The van der Waals surface area contributed by atoms with Crippen LogP contribution < -0.4 is 0 Å². The summed E-state index contributed by atoms with van der Waals surface area (Å²) in [5.74, 6) is 0.345. The molecule has 0 bridgehead atoms. The molecule has 0 fully saturated rings. The molecule has 0 heterocycles. The lowest BCUT2D eigenvalue weighted by Gasteiger charge is -2.31. The molecule has 2 aliphatic carbocycles. The molecular formula is C36H52O4Si2. The maximum atomic E-state index is 12.1. The van der Waals surface area contributed by atoms with Crippen molar-refractivity contribution in [1.82, 2.24) is 0 Å². The molecule has 6 heteroatoms. The van der Waals surface area contributed by atoms with Gasteiger partial charge in [0.2, 0.25) is 0 Å². The summed E-state index contributed by atoms with van der Waals surface area (Å²) in [6, 6.07) is 23.3. The van der Waals surface area contributed by atoms with Gasteiger partial charge in [0.05, 0.1) is 26.1 Å². The molecule has 0 N–H and O–H groups in total. The van der Waals surface area contributed by atoms with Gasteiger partial charge in [-0.25, -0.2) is 0 Å². The summed E-state index contributed by atoms with van der Waals surface area (Å²) in [5, 5.41) is 0. The Morgan fingerprint density at radius 2 is 1.24 bits per heavy atom. The van der Waals surface area contributed by atoms with Gasteiger partial charge in [-0.3, -0.25) is 9.59 Å². The number of benzene rings is 2. The molecule has 4 rings (SSSR count). The van der Waals surface area contributed by atoms with E-state index in [-0.39, 0.29) is 29.7 Å². The van der Waals surface area contributed by atoms with Crippen molar-refractivity contribution in [2.45, 2.75) is 88.9 Å². The van der Waals surface area contributed by atoms with Gasteiger partial charge in [-0.15, -0.1) is 0 Å². The van der Waals surface area contributed by atoms with Crippen LogP contribution >= 0.6 is 0 Å². The van der Waals surface area contributed by atoms with Gasteiger partial charge in [-0.2, -0.15) is 0 Å². The summed E-state index contributed by atoms with van der Waals surface area (Å²) < 4.78 is 10.0. The van der Waals surface area contributed by atoms with E-state index in [0.717, 1.165) is 25.7 Å². The van der Waals surface area contributed by atoms with Crippen LogP contribution in [-0.4, -0.2) is 42.3 Å². The standard InChI is InChI=1S/2C18H26O2Si/c1-20-18(19)17-11-14(13-21(2,3)4)10-16(12-17)15-8-6-5-7-9-15;1-20-18(19)16-11-10-14(13-21(2,3)4)12-17(16)15-8-6-5-7-9-15/h5-10,16-17H,11-13H2,1-4H3;5-9,12,16-17H,10-11,13H2,1-4H3. The van der Waals surface area contributed by atoms with Crippen molar-refractivity contribution in [3.63, 3.8) is 0 Å². The first-order chi connectivity index (χ1) is 19.8. The Morgan fingerprint density at radius 3 is 1.76 bits per heavy atom. The van der Waals surface area contributed by atoms with Crippen LogP contribution in [0.4, 0.5) is 0 Å². The fourth-order valence-corrected chi connectivity index (χ4v) is 9.72. The fraction of sp³-hybridized carbons (Fsp3) is 0.500. The highest BCUT2D eigenvalue weighted by Gasteiger charge is 2.33. The monoisotopic (exact) mass is 604 g/mol. The Hall–Kier alpha value is -2.71. The minimum absolute atomic E-state index is 0.0107. The molecule has 42 heavy (non-hydrogen) atoms. The highest BCUT2D eigenvalue weighted by molar-refractivity contribution is 6.77. The van der Waals surface area contributed by atoms with E-state index in [4.69, 9.17) is 9.47 Å². The zero-order chi connectivity index (χ0) is 30.9. The summed E-state index contributed by atoms with van der Waals surface area (Å²) in [4.78, 5) is 24.1. The van der Waals surface area contributed by atoms with E-state index in [9.17, 15) is 9.59 Å². The third kappa shape index (κ3) is 10.5. The molecule has 4 unspecified atom stereocenters. The molecular weight excluding hydrogens is 553 g/mol. The quantitative estimate of drug-likeness (QED) is 0.171. The third-order valence-corrected chi connectivity index (χ3v) is 11.1. The van der Waals surface area contributed by atoms with E-state index in [1.165, 1.54) is 48.6 Å². The minimum atomic E-state index is -1.17. The molecule has 0 aliphatic heterocycles. The van der Waals surface area contributed by atoms with Crippen LogP contribution in [0.1, 0.15) is 48.6 Å². The minimum Gasteiger partial charge on any atom is -0.469 e. The van der Waals surface area contributed by atoms with Crippen molar-refractivity contribution in [2.75, 3.05) is 14.2 Å². The zero-order valence-corrected chi connectivity index (χ0v) is 29.1. The van der Waals surface area contributed by atoms with Gasteiger partial charge in [0.15, 0.2) is 0 Å². The second kappa shape index (κ2) is 15.1. The molecule has 228 valence electrons. The molecule has 2 aromatic rings. The first-order valence-electron chi connectivity index (χ1n) is 15.4. The van der Waals surface area contributed by atoms with E-state index < -0.39 is 16.1 Å². The highest BCUT2D eigenvalue weighted by atomic mass is 28.3. The van der Waals surface area contributed by atoms with E-state index >= 15 is 0 Å². The second-order valence-corrected chi connectivity index (χ2v) is 25.4. The lowest BCUT2D eigenvalue weighted by atomic mass is 9.77. The van der Waals surface area contributed by atoms with E-state index in [1.807, 2.05) is 24.3 Å². The number of carbonyl (C=O) groups is 2. The van der Waals surface area contributed by atoms with Gasteiger partial charge in [0, 0.05) is 28.0 Å². The van der Waals surface area contributed by atoms with E-state index in [2.05, 4.69) is 87.8 Å². The molecule has 0 saturated carbocycles. The van der Waals surface area contributed by atoms with Crippen molar-refractivity contribution in [2.24, 2.45) is 11.8 Å².